The van der Waals surface area contributed by atoms with Gasteiger partial charge in [-0.1, -0.05) is 103 Å². The van der Waals surface area contributed by atoms with Crippen LogP contribution in [0.2, 0.25) is 0 Å². The standard InChI is InChI=1S/C37H37O2P/c1-39-31-19-17-30(18-20-31)35(36(38)37-24-27-21-28(25-37)23-29(22-27)26-37)40(32-11-5-2-6-12-32,33-13-7-3-8-14-33)34-15-9-4-10-16-34/h2-20,27-29H,21-26H2,1H3. The Labute approximate surface area is 238 Å². The van der Waals surface area contributed by atoms with E-state index in [1.54, 1.807) is 7.11 Å². The van der Waals surface area contributed by atoms with Gasteiger partial charge >= 0.3 is 0 Å². The maximum absolute atomic E-state index is 15.7. The van der Waals surface area contributed by atoms with Crippen molar-refractivity contribution in [3.05, 3.63) is 121 Å². The average Bonchev–Trinajstić information content (AvgIpc) is 3.00. The Balaban J connectivity index is 1.63. The third-order valence-corrected chi connectivity index (χ3v) is 14.2. The summed E-state index contributed by atoms with van der Waals surface area (Å²) in [6.45, 7) is -2.56. The fraction of sp³-hybridized carbons (Fsp3) is 0.297. The molecular formula is C37H37O2P. The molecule has 0 spiro atoms. The lowest BCUT2D eigenvalue weighted by atomic mass is 9.48. The van der Waals surface area contributed by atoms with Crippen molar-refractivity contribution in [2.24, 2.45) is 23.2 Å². The molecule has 0 aliphatic heterocycles. The molecule has 4 aromatic carbocycles. The summed E-state index contributed by atoms with van der Waals surface area (Å²) < 4.78 is 5.56. The van der Waals surface area contributed by atoms with E-state index in [0.29, 0.717) is 23.5 Å². The van der Waals surface area contributed by atoms with E-state index >= 15 is 4.79 Å². The van der Waals surface area contributed by atoms with Crippen LogP contribution >= 0.6 is 6.89 Å². The van der Waals surface area contributed by atoms with Gasteiger partial charge in [0.1, 0.15) is 5.75 Å². The van der Waals surface area contributed by atoms with Crippen molar-refractivity contribution in [1.82, 2.24) is 0 Å². The molecule has 0 saturated heterocycles. The van der Waals surface area contributed by atoms with Crippen molar-refractivity contribution < 1.29 is 9.53 Å². The lowest BCUT2D eigenvalue weighted by Gasteiger charge is -2.56. The molecule has 4 aliphatic carbocycles. The predicted octanol–water partition coefficient (Wildman–Crippen LogP) is 7.00. The third-order valence-electron chi connectivity index (χ3n) is 9.86. The van der Waals surface area contributed by atoms with Crippen LogP contribution in [0.1, 0.15) is 44.1 Å². The molecule has 3 heteroatoms. The molecule has 0 heterocycles. The summed E-state index contributed by atoms with van der Waals surface area (Å²) in [4.78, 5) is 15.7. The lowest BCUT2D eigenvalue weighted by molar-refractivity contribution is -0.136. The van der Waals surface area contributed by atoms with Gasteiger partial charge in [-0.05, 0) is 96.8 Å². The number of Topliss-reactive ketones (excluding diaryl/α,β-unsaturated/α-hetero) is 1. The van der Waals surface area contributed by atoms with Gasteiger partial charge in [-0.3, -0.25) is 4.79 Å². The maximum atomic E-state index is 15.7. The summed E-state index contributed by atoms with van der Waals surface area (Å²) in [6, 6.07) is 40.9. The van der Waals surface area contributed by atoms with Crippen LogP contribution in [0.5, 0.6) is 5.75 Å². The van der Waals surface area contributed by atoms with E-state index in [9.17, 15) is 0 Å². The van der Waals surface area contributed by atoms with Crippen LogP contribution in [0.3, 0.4) is 0 Å². The van der Waals surface area contributed by atoms with Gasteiger partial charge in [0, 0.05) is 10.7 Å². The number of hydrogen-bond acceptors (Lipinski definition) is 2. The van der Waals surface area contributed by atoms with Crippen molar-refractivity contribution >= 4 is 33.9 Å². The number of methoxy groups -OCH3 is 1. The molecule has 0 radical (unpaired) electrons. The van der Waals surface area contributed by atoms with Crippen LogP contribution in [-0.2, 0) is 4.79 Å². The smallest absolute Gasteiger partial charge is 0.170 e. The molecule has 202 valence electrons. The number of ketones is 1. The highest BCUT2D eigenvalue weighted by atomic mass is 31.2. The maximum Gasteiger partial charge on any atom is 0.170 e. The van der Waals surface area contributed by atoms with Crippen molar-refractivity contribution in [2.75, 3.05) is 7.11 Å². The predicted molar refractivity (Wildman–Crippen MR) is 168 cm³/mol. The highest BCUT2D eigenvalue weighted by Gasteiger charge is 2.56. The Morgan fingerprint density at radius 3 is 1.40 bits per heavy atom. The fourth-order valence-corrected chi connectivity index (χ4v) is 13.3. The number of ether oxygens (including phenoxy) is 1. The summed E-state index contributed by atoms with van der Waals surface area (Å²) in [6.07, 6.45) is 7.11. The van der Waals surface area contributed by atoms with E-state index in [0.717, 1.165) is 35.9 Å². The van der Waals surface area contributed by atoms with Gasteiger partial charge in [0.05, 0.1) is 7.11 Å². The van der Waals surface area contributed by atoms with Crippen molar-refractivity contribution in [2.45, 2.75) is 38.5 Å². The summed E-state index contributed by atoms with van der Waals surface area (Å²) >= 11 is 0. The van der Waals surface area contributed by atoms with Gasteiger partial charge in [-0.25, -0.2) is 0 Å². The number of carbonyl (C=O) groups excluding carboxylic acids is 1. The molecular weight excluding hydrogens is 507 g/mol. The van der Waals surface area contributed by atoms with Crippen molar-refractivity contribution in [3.63, 3.8) is 0 Å². The second kappa shape index (κ2) is 10.2. The van der Waals surface area contributed by atoms with E-state index in [1.165, 1.54) is 35.2 Å². The van der Waals surface area contributed by atoms with E-state index in [2.05, 4.69) is 103 Å². The second-order valence-corrected chi connectivity index (χ2v) is 15.6. The summed E-state index contributed by atoms with van der Waals surface area (Å²) in [5.74, 6) is 3.32. The second-order valence-electron chi connectivity index (χ2n) is 12.3. The molecule has 4 aromatic rings. The third kappa shape index (κ3) is 4.11. The molecule has 4 saturated carbocycles. The molecule has 4 bridgehead atoms. The number of rotatable bonds is 7. The highest BCUT2D eigenvalue weighted by Crippen LogP contribution is 2.62. The van der Waals surface area contributed by atoms with Crippen LogP contribution < -0.4 is 20.7 Å². The van der Waals surface area contributed by atoms with Crippen LogP contribution in [-0.4, -0.2) is 18.2 Å². The summed E-state index contributed by atoms with van der Waals surface area (Å²) in [5, 5.41) is 4.71. The molecule has 2 nitrogen and oxygen atoms in total. The summed E-state index contributed by atoms with van der Waals surface area (Å²) in [7, 11) is 1.70. The number of benzene rings is 4. The molecule has 4 aliphatic rings. The lowest BCUT2D eigenvalue weighted by Crippen LogP contribution is -2.53. The Hall–Kier alpha value is -3.35. The van der Waals surface area contributed by atoms with Gasteiger partial charge in [0.2, 0.25) is 0 Å². The minimum absolute atomic E-state index is 0.256. The molecule has 0 unspecified atom stereocenters. The van der Waals surface area contributed by atoms with Gasteiger partial charge in [-0.15, -0.1) is 0 Å². The van der Waals surface area contributed by atoms with Crippen molar-refractivity contribution in [3.8, 4) is 5.75 Å². The molecule has 0 aromatic heterocycles. The quantitative estimate of drug-likeness (QED) is 0.234. The topological polar surface area (TPSA) is 26.3 Å². The Morgan fingerprint density at radius 1 is 0.625 bits per heavy atom. The van der Waals surface area contributed by atoms with Crippen LogP contribution in [0.25, 0.3) is 0 Å². The minimum atomic E-state index is -2.56. The first-order valence-electron chi connectivity index (χ1n) is 14.7. The minimum Gasteiger partial charge on any atom is -0.497 e. The molecule has 8 rings (SSSR count). The zero-order valence-corrected chi connectivity index (χ0v) is 24.1. The van der Waals surface area contributed by atoms with Gasteiger partial charge in [0.25, 0.3) is 0 Å². The van der Waals surface area contributed by atoms with Gasteiger partial charge in [-0.2, -0.15) is 0 Å². The number of hydrogen-bond donors (Lipinski definition) is 0. The highest BCUT2D eigenvalue weighted by molar-refractivity contribution is 7.96. The normalized spacial score (nSPS) is 25.0. The largest absolute Gasteiger partial charge is 0.497 e. The van der Waals surface area contributed by atoms with Crippen LogP contribution in [0.4, 0.5) is 0 Å². The van der Waals surface area contributed by atoms with Crippen LogP contribution in [0.15, 0.2) is 115 Å². The molecule has 0 N–H and O–H groups in total. The first kappa shape index (κ1) is 25.6. The first-order valence-corrected chi connectivity index (χ1v) is 16.5. The zero-order chi connectivity index (χ0) is 27.2. The summed E-state index contributed by atoms with van der Waals surface area (Å²) in [5.41, 5.74) is 0.777. The Morgan fingerprint density at radius 2 is 1.02 bits per heavy atom. The van der Waals surface area contributed by atoms with Crippen LogP contribution in [0, 0.1) is 23.2 Å². The molecule has 4 fully saturated rings. The van der Waals surface area contributed by atoms with E-state index in [4.69, 9.17) is 4.74 Å². The number of carbonyl (C=O) groups is 1. The molecule has 0 atom stereocenters. The Bertz CT molecular complexity index is 1420. The molecule has 0 amide bonds. The van der Waals surface area contributed by atoms with Crippen molar-refractivity contribution in [1.29, 1.82) is 0 Å². The Kier molecular flexibility index (Phi) is 6.56. The van der Waals surface area contributed by atoms with E-state index in [1.807, 2.05) is 12.1 Å². The molecule has 40 heavy (non-hydrogen) atoms. The van der Waals surface area contributed by atoms with Gasteiger partial charge in [0.15, 0.2) is 5.78 Å². The first-order chi connectivity index (χ1) is 19.6. The van der Waals surface area contributed by atoms with Gasteiger partial charge < -0.3 is 4.74 Å². The van der Waals surface area contributed by atoms with E-state index < -0.39 is 6.89 Å². The zero-order valence-electron chi connectivity index (χ0n) is 23.2. The fourth-order valence-electron chi connectivity index (χ4n) is 8.66. The van der Waals surface area contributed by atoms with E-state index in [-0.39, 0.29) is 5.41 Å². The monoisotopic (exact) mass is 544 g/mol. The average molecular weight is 545 g/mol. The SMILES string of the molecule is COc1ccc(C(C(=O)C23CC4CC(CC(C4)C2)C3)=P(c2ccccc2)(c2ccccc2)c2ccccc2)cc1.